The van der Waals surface area contributed by atoms with Crippen LogP contribution in [-0.4, -0.2) is 14.9 Å². The fourth-order valence-corrected chi connectivity index (χ4v) is 2.29. The van der Waals surface area contributed by atoms with E-state index in [0.29, 0.717) is 11.7 Å². The highest BCUT2D eigenvalue weighted by Gasteiger charge is 2.06. The number of aromatic nitrogens is 2. The summed E-state index contributed by atoms with van der Waals surface area (Å²) in [4.78, 5) is 0. The molecule has 1 heterocycles. The van der Waals surface area contributed by atoms with Crippen LogP contribution in [0.2, 0.25) is 0 Å². The second-order valence-corrected chi connectivity index (χ2v) is 5.63. The number of hydrogen-bond acceptors (Lipinski definition) is 2. The van der Waals surface area contributed by atoms with Gasteiger partial charge in [-0.2, -0.15) is 5.10 Å². The maximum atomic E-state index is 5.37. The zero-order valence-corrected chi connectivity index (χ0v) is 13.8. The summed E-state index contributed by atoms with van der Waals surface area (Å²) >= 11 is 5.37. The zero-order chi connectivity index (χ0) is 15.4. The van der Waals surface area contributed by atoms with Gasteiger partial charge in [-0.25, -0.2) is 0 Å². The van der Waals surface area contributed by atoms with Crippen molar-refractivity contribution in [3.63, 3.8) is 0 Å². The van der Waals surface area contributed by atoms with Crippen LogP contribution in [-0.2, 0) is 13.1 Å². The Labute approximate surface area is 131 Å². The van der Waals surface area contributed by atoms with Crippen LogP contribution in [0.25, 0.3) is 0 Å². The van der Waals surface area contributed by atoms with Gasteiger partial charge >= 0.3 is 0 Å². The first-order valence-corrected chi connectivity index (χ1v) is 7.55. The van der Waals surface area contributed by atoms with Crippen LogP contribution in [0.1, 0.15) is 29.3 Å². The predicted molar refractivity (Wildman–Crippen MR) is 91.6 cm³/mol. The van der Waals surface area contributed by atoms with Gasteiger partial charge in [0.25, 0.3) is 0 Å². The predicted octanol–water partition coefficient (Wildman–Crippen LogP) is 3.31. The topological polar surface area (TPSA) is 41.9 Å². The summed E-state index contributed by atoms with van der Waals surface area (Å²) in [6, 6.07) is 6.29. The van der Waals surface area contributed by atoms with Crippen LogP contribution < -0.4 is 10.6 Å². The van der Waals surface area contributed by atoms with Gasteiger partial charge in [0, 0.05) is 30.5 Å². The molecule has 2 N–H and O–H groups in total. The Hall–Kier alpha value is -1.88. The smallest absolute Gasteiger partial charge is 0.171 e. The Morgan fingerprint density at radius 3 is 2.71 bits per heavy atom. The largest absolute Gasteiger partial charge is 0.358 e. The number of nitrogens with one attached hydrogen (secondary N) is 2. The standard InChI is InChI=1S/C16H22N4S/c1-5-20-10-14(13(4)19-20)9-17-16(21)18-15-8-11(2)6-7-12(15)3/h6-8,10H,5,9H2,1-4H3,(H2,17,18,21). The Morgan fingerprint density at radius 1 is 1.29 bits per heavy atom. The van der Waals surface area contributed by atoms with Gasteiger partial charge in [0.1, 0.15) is 0 Å². The van der Waals surface area contributed by atoms with E-state index in [0.717, 1.165) is 17.9 Å². The normalized spacial score (nSPS) is 10.5. The summed E-state index contributed by atoms with van der Waals surface area (Å²) in [6.07, 6.45) is 2.06. The fourth-order valence-electron chi connectivity index (χ4n) is 2.11. The lowest BCUT2D eigenvalue weighted by atomic mass is 10.1. The molecule has 4 nitrogen and oxygen atoms in total. The molecule has 0 saturated heterocycles. The van der Waals surface area contributed by atoms with E-state index in [-0.39, 0.29) is 0 Å². The Balaban J connectivity index is 1.95. The van der Waals surface area contributed by atoms with Gasteiger partial charge in [0.05, 0.1) is 5.69 Å². The molecule has 2 rings (SSSR count). The summed E-state index contributed by atoms with van der Waals surface area (Å²) in [5.74, 6) is 0. The van der Waals surface area contributed by atoms with Crippen molar-refractivity contribution >= 4 is 23.0 Å². The van der Waals surface area contributed by atoms with Gasteiger partial charge in [-0.15, -0.1) is 0 Å². The average molecular weight is 302 g/mol. The van der Waals surface area contributed by atoms with Crippen molar-refractivity contribution in [1.29, 1.82) is 0 Å². The van der Waals surface area contributed by atoms with Gasteiger partial charge in [-0.1, -0.05) is 12.1 Å². The van der Waals surface area contributed by atoms with Crippen molar-refractivity contribution in [2.45, 2.75) is 40.8 Å². The summed E-state index contributed by atoms with van der Waals surface area (Å²) in [5.41, 5.74) is 5.65. The highest BCUT2D eigenvalue weighted by molar-refractivity contribution is 7.80. The minimum absolute atomic E-state index is 0.632. The highest BCUT2D eigenvalue weighted by Crippen LogP contribution is 2.16. The first-order valence-electron chi connectivity index (χ1n) is 7.14. The molecule has 0 aliphatic heterocycles. The first-order chi connectivity index (χ1) is 9.99. The molecule has 1 aromatic heterocycles. The molecule has 2 aromatic rings. The molecule has 0 unspecified atom stereocenters. The molecule has 0 aliphatic rings. The molecule has 0 bridgehead atoms. The quantitative estimate of drug-likeness (QED) is 0.850. The molecular formula is C16H22N4S. The van der Waals surface area contributed by atoms with Crippen LogP contribution >= 0.6 is 12.2 Å². The second kappa shape index (κ2) is 6.72. The minimum Gasteiger partial charge on any atom is -0.358 e. The van der Waals surface area contributed by atoms with Gasteiger partial charge < -0.3 is 10.6 Å². The van der Waals surface area contributed by atoms with Crippen LogP contribution in [0.5, 0.6) is 0 Å². The summed E-state index contributed by atoms with van der Waals surface area (Å²) in [5, 5.41) is 11.6. The van der Waals surface area contributed by atoms with E-state index in [2.05, 4.69) is 60.9 Å². The minimum atomic E-state index is 0.632. The van der Waals surface area contributed by atoms with Crippen molar-refractivity contribution < 1.29 is 0 Å². The SMILES string of the molecule is CCn1cc(CNC(=S)Nc2cc(C)ccc2C)c(C)n1. The molecule has 0 amide bonds. The lowest BCUT2D eigenvalue weighted by Crippen LogP contribution is -2.28. The Kier molecular flexibility index (Phi) is 4.96. The molecule has 0 radical (unpaired) electrons. The lowest BCUT2D eigenvalue weighted by molar-refractivity contribution is 0.653. The molecule has 0 fully saturated rings. The number of thiocarbonyl (C=S) groups is 1. The van der Waals surface area contributed by atoms with E-state index < -0.39 is 0 Å². The van der Waals surface area contributed by atoms with E-state index in [9.17, 15) is 0 Å². The van der Waals surface area contributed by atoms with Gasteiger partial charge in [0.2, 0.25) is 0 Å². The molecule has 0 spiro atoms. The van der Waals surface area contributed by atoms with E-state index >= 15 is 0 Å². The lowest BCUT2D eigenvalue weighted by Gasteiger charge is -2.13. The maximum Gasteiger partial charge on any atom is 0.171 e. The van der Waals surface area contributed by atoms with Crippen molar-refractivity contribution in [3.8, 4) is 0 Å². The van der Waals surface area contributed by atoms with E-state index in [1.807, 2.05) is 11.6 Å². The maximum absolute atomic E-state index is 5.37. The zero-order valence-electron chi connectivity index (χ0n) is 13.0. The second-order valence-electron chi connectivity index (χ2n) is 5.22. The summed E-state index contributed by atoms with van der Waals surface area (Å²) < 4.78 is 1.94. The van der Waals surface area contributed by atoms with E-state index in [4.69, 9.17) is 12.2 Å². The summed E-state index contributed by atoms with van der Waals surface area (Å²) in [6.45, 7) is 9.80. The molecular weight excluding hydrogens is 280 g/mol. The first kappa shape index (κ1) is 15.5. The van der Waals surface area contributed by atoms with Gasteiger partial charge in [0.15, 0.2) is 5.11 Å². The van der Waals surface area contributed by atoms with E-state index in [1.54, 1.807) is 0 Å². The summed E-state index contributed by atoms with van der Waals surface area (Å²) in [7, 11) is 0. The van der Waals surface area contributed by atoms with Gasteiger partial charge in [-0.3, -0.25) is 4.68 Å². The number of nitrogens with zero attached hydrogens (tertiary/aromatic N) is 2. The molecule has 0 atom stereocenters. The van der Waals surface area contributed by atoms with Crippen molar-refractivity contribution in [1.82, 2.24) is 15.1 Å². The van der Waals surface area contributed by atoms with Crippen molar-refractivity contribution in [2.24, 2.45) is 0 Å². The molecule has 0 aliphatic carbocycles. The average Bonchev–Trinajstić information content (AvgIpc) is 2.81. The Bertz CT molecular complexity index is 646. The molecule has 21 heavy (non-hydrogen) atoms. The number of benzene rings is 1. The number of anilines is 1. The third kappa shape index (κ3) is 4.04. The molecule has 5 heteroatoms. The Morgan fingerprint density at radius 2 is 2.05 bits per heavy atom. The van der Waals surface area contributed by atoms with Crippen LogP contribution in [0.3, 0.4) is 0 Å². The molecule has 1 aromatic carbocycles. The van der Waals surface area contributed by atoms with Crippen LogP contribution in [0.15, 0.2) is 24.4 Å². The number of aryl methyl sites for hydroxylation is 4. The monoisotopic (exact) mass is 302 g/mol. The van der Waals surface area contributed by atoms with Gasteiger partial charge in [-0.05, 0) is 57.1 Å². The van der Waals surface area contributed by atoms with Crippen LogP contribution in [0, 0.1) is 20.8 Å². The molecule has 0 saturated carbocycles. The number of hydrogen-bond donors (Lipinski definition) is 2. The third-order valence-corrected chi connectivity index (χ3v) is 3.70. The van der Waals surface area contributed by atoms with Crippen molar-refractivity contribution in [2.75, 3.05) is 5.32 Å². The fraction of sp³-hybridized carbons (Fsp3) is 0.375. The molecule has 112 valence electrons. The van der Waals surface area contributed by atoms with E-state index in [1.165, 1.54) is 16.7 Å². The third-order valence-electron chi connectivity index (χ3n) is 3.45. The highest BCUT2D eigenvalue weighted by atomic mass is 32.1. The number of rotatable bonds is 4. The van der Waals surface area contributed by atoms with Crippen molar-refractivity contribution in [3.05, 3.63) is 46.8 Å². The van der Waals surface area contributed by atoms with Crippen LogP contribution in [0.4, 0.5) is 5.69 Å².